The Labute approximate surface area is 225 Å². The Balaban J connectivity index is 1.18. The van der Waals surface area contributed by atoms with Crippen LogP contribution in [-0.4, -0.2) is 114 Å². The van der Waals surface area contributed by atoms with Crippen molar-refractivity contribution >= 4 is 16.9 Å². The van der Waals surface area contributed by atoms with Crippen LogP contribution in [0, 0.1) is 13.8 Å². The standard InChI is InChI=1S/C28H46N4O4S/c1-21-17-26(35-5)18-22(2)28(21)37(34)29(3)15-16-36-20-27(33)30(4)24-7-6-8-25(19-24)32-13-11-31(12-14-32)23-9-10-23/h17-18,23-25H,6-16,19-20H2,1-5H3/t24-,25+,37?/m1/s1. The zero-order valence-electron chi connectivity index (χ0n) is 23.4. The first-order chi connectivity index (χ1) is 17.8. The number of benzene rings is 1. The molecule has 0 spiro atoms. The Bertz CT molecular complexity index is 925. The number of rotatable bonds is 11. The summed E-state index contributed by atoms with van der Waals surface area (Å²) in [7, 11) is 4.09. The Hall–Kier alpha value is -1.52. The molecule has 1 saturated heterocycles. The van der Waals surface area contributed by atoms with Crippen molar-refractivity contribution in [3.8, 4) is 5.75 Å². The van der Waals surface area contributed by atoms with E-state index < -0.39 is 11.0 Å². The van der Waals surface area contributed by atoms with Crippen molar-refractivity contribution in [2.75, 3.05) is 67.1 Å². The van der Waals surface area contributed by atoms with Gasteiger partial charge < -0.3 is 14.4 Å². The average molecular weight is 535 g/mol. The predicted molar refractivity (Wildman–Crippen MR) is 147 cm³/mol. The van der Waals surface area contributed by atoms with Gasteiger partial charge in [-0.3, -0.25) is 14.6 Å². The Morgan fingerprint density at radius 3 is 2.22 bits per heavy atom. The van der Waals surface area contributed by atoms with Crippen LogP contribution in [0.15, 0.2) is 17.0 Å². The van der Waals surface area contributed by atoms with Gasteiger partial charge in [-0.2, -0.15) is 0 Å². The number of hydrogen-bond donors (Lipinski definition) is 0. The molecule has 0 bridgehead atoms. The number of nitrogens with zero attached hydrogens (tertiary/aromatic N) is 4. The van der Waals surface area contributed by atoms with Crippen LogP contribution >= 0.6 is 0 Å². The molecule has 9 heteroatoms. The summed E-state index contributed by atoms with van der Waals surface area (Å²) in [6, 6.07) is 5.55. The number of likely N-dealkylation sites (N-methyl/N-ethyl adjacent to an activating group) is 2. The second kappa shape index (κ2) is 13.0. The van der Waals surface area contributed by atoms with E-state index in [1.165, 1.54) is 51.9 Å². The van der Waals surface area contributed by atoms with E-state index in [1.54, 1.807) is 11.4 Å². The SMILES string of the molecule is COc1cc(C)c(S(=O)N(C)CCOCC(=O)N(C)[C@@H]2CCC[C@H](N3CCN(C4CC4)CC3)C2)c(C)c1. The van der Waals surface area contributed by atoms with Crippen LogP contribution in [0.4, 0.5) is 0 Å². The second-order valence-electron chi connectivity index (χ2n) is 11.0. The molecule has 1 unspecified atom stereocenters. The quantitative estimate of drug-likeness (QED) is 0.407. The van der Waals surface area contributed by atoms with Gasteiger partial charge in [0, 0.05) is 64.9 Å². The maximum atomic E-state index is 13.1. The lowest BCUT2D eigenvalue weighted by molar-refractivity contribution is -0.138. The number of amides is 1. The third-order valence-electron chi connectivity index (χ3n) is 8.39. The number of methoxy groups -OCH3 is 1. The van der Waals surface area contributed by atoms with Crippen LogP contribution in [0.3, 0.4) is 0 Å². The molecule has 8 nitrogen and oxygen atoms in total. The molecule has 1 aromatic rings. The van der Waals surface area contributed by atoms with Crippen LogP contribution < -0.4 is 4.74 Å². The largest absolute Gasteiger partial charge is 0.497 e. The van der Waals surface area contributed by atoms with E-state index in [1.807, 2.05) is 45.0 Å². The first-order valence-corrected chi connectivity index (χ1v) is 15.0. The van der Waals surface area contributed by atoms with Crippen molar-refractivity contribution in [3.63, 3.8) is 0 Å². The monoisotopic (exact) mass is 534 g/mol. The average Bonchev–Trinajstić information content (AvgIpc) is 3.75. The molecule has 3 fully saturated rings. The molecule has 208 valence electrons. The van der Waals surface area contributed by atoms with Crippen molar-refractivity contribution < 1.29 is 18.5 Å². The summed E-state index contributed by atoms with van der Waals surface area (Å²) < 4.78 is 25.9. The summed E-state index contributed by atoms with van der Waals surface area (Å²) in [5.74, 6) is 0.805. The number of ether oxygens (including phenoxy) is 2. The fourth-order valence-corrected chi connectivity index (χ4v) is 7.15. The van der Waals surface area contributed by atoms with Gasteiger partial charge in [0.15, 0.2) is 0 Å². The first-order valence-electron chi connectivity index (χ1n) is 13.9. The third kappa shape index (κ3) is 7.32. The number of carbonyl (C=O) groups is 1. The van der Waals surface area contributed by atoms with E-state index in [2.05, 4.69) is 9.80 Å². The van der Waals surface area contributed by atoms with Gasteiger partial charge >= 0.3 is 0 Å². The lowest BCUT2D eigenvalue weighted by Crippen LogP contribution is -2.54. The minimum absolute atomic E-state index is 0.0369. The first kappa shape index (κ1) is 28.5. The molecule has 0 radical (unpaired) electrons. The van der Waals surface area contributed by atoms with Crippen molar-refractivity contribution in [1.82, 2.24) is 19.0 Å². The molecule has 2 aliphatic carbocycles. The van der Waals surface area contributed by atoms with E-state index >= 15 is 0 Å². The van der Waals surface area contributed by atoms with Crippen LogP contribution in [0.2, 0.25) is 0 Å². The molecule has 1 aliphatic heterocycles. The van der Waals surface area contributed by atoms with Crippen molar-refractivity contribution in [1.29, 1.82) is 0 Å². The van der Waals surface area contributed by atoms with E-state index in [4.69, 9.17) is 9.47 Å². The van der Waals surface area contributed by atoms with E-state index in [0.717, 1.165) is 40.7 Å². The number of carbonyl (C=O) groups excluding carboxylic acids is 1. The normalized spacial score (nSPS) is 24.3. The summed E-state index contributed by atoms with van der Waals surface area (Å²) in [6.07, 6.45) is 7.33. The minimum Gasteiger partial charge on any atom is -0.497 e. The Morgan fingerprint density at radius 1 is 1.00 bits per heavy atom. The predicted octanol–water partition coefficient (Wildman–Crippen LogP) is 2.83. The molecule has 0 N–H and O–H groups in total. The van der Waals surface area contributed by atoms with Gasteiger partial charge in [0.05, 0.1) is 18.6 Å². The molecule has 2 saturated carbocycles. The molecule has 1 aromatic carbocycles. The maximum absolute atomic E-state index is 13.1. The highest BCUT2D eigenvalue weighted by Crippen LogP contribution is 2.31. The van der Waals surface area contributed by atoms with E-state index in [0.29, 0.717) is 19.2 Å². The topological polar surface area (TPSA) is 65.6 Å². The molecular formula is C28H46N4O4S. The van der Waals surface area contributed by atoms with Gasteiger partial charge in [-0.05, 0) is 75.6 Å². The van der Waals surface area contributed by atoms with Gasteiger partial charge in [0.1, 0.15) is 23.3 Å². The zero-order chi connectivity index (χ0) is 26.5. The number of piperazine rings is 1. The fourth-order valence-electron chi connectivity index (χ4n) is 5.93. The summed E-state index contributed by atoms with van der Waals surface area (Å²) >= 11 is 0. The summed E-state index contributed by atoms with van der Waals surface area (Å²) in [5.41, 5.74) is 1.88. The van der Waals surface area contributed by atoms with Crippen LogP contribution in [0.1, 0.15) is 49.7 Å². The van der Waals surface area contributed by atoms with Crippen molar-refractivity contribution in [3.05, 3.63) is 23.3 Å². The summed E-state index contributed by atoms with van der Waals surface area (Å²) in [5, 5.41) is 0. The summed E-state index contributed by atoms with van der Waals surface area (Å²) in [6.45, 7) is 9.53. The third-order valence-corrected chi connectivity index (χ3v) is 10.1. The Morgan fingerprint density at radius 2 is 1.62 bits per heavy atom. The molecule has 1 heterocycles. The van der Waals surface area contributed by atoms with Gasteiger partial charge in [-0.25, -0.2) is 8.51 Å². The van der Waals surface area contributed by atoms with Crippen molar-refractivity contribution in [2.45, 2.75) is 75.4 Å². The van der Waals surface area contributed by atoms with Gasteiger partial charge in [-0.1, -0.05) is 0 Å². The van der Waals surface area contributed by atoms with Crippen molar-refractivity contribution in [2.24, 2.45) is 0 Å². The molecule has 1 amide bonds. The maximum Gasteiger partial charge on any atom is 0.248 e. The highest BCUT2D eigenvalue weighted by Gasteiger charge is 2.35. The van der Waals surface area contributed by atoms with Gasteiger partial charge in [0.2, 0.25) is 5.91 Å². The van der Waals surface area contributed by atoms with E-state index in [-0.39, 0.29) is 18.6 Å². The number of aryl methyl sites for hydroxylation is 2. The molecule has 4 rings (SSSR count). The molecule has 37 heavy (non-hydrogen) atoms. The molecular weight excluding hydrogens is 488 g/mol. The highest BCUT2D eigenvalue weighted by molar-refractivity contribution is 7.82. The van der Waals surface area contributed by atoms with Gasteiger partial charge in [0.25, 0.3) is 0 Å². The second-order valence-corrected chi connectivity index (χ2v) is 12.6. The van der Waals surface area contributed by atoms with E-state index in [9.17, 15) is 9.00 Å². The van der Waals surface area contributed by atoms with Crippen LogP contribution in [0.5, 0.6) is 5.75 Å². The minimum atomic E-state index is -1.30. The summed E-state index contributed by atoms with van der Waals surface area (Å²) in [4.78, 5) is 20.9. The molecule has 3 atom stereocenters. The smallest absolute Gasteiger partial charge is 0.248 e. The molecule has 3 aliphatic rings. The highest BCUT2D eigenvalue weighted by atomic mass is 32.2. The Kier molecular flexibility index (Phi) is 10.0. The van der Waals surface area contributed by atoms with Crippen LogP contribution in [-0.2, 0) is 20.5 Å². The lowest BCUT2D eigenvalue weighted by atomic mass is 9.88. The van der Waals surface area contributed by atoms with Crippen LogP contribution in [0.25, 0.3) is 0 Å². The zero-order valence-corrected chi connectivity index (χ0v) is 24.2. The lowest BCUT2D eigenvalue weighted by Gasteiger charge is -2.44. The number of hydrogen-bond acceptors (Lipinski definition) is 6. The fraction of sp³-hybridized carbons (Fsp3) is 0.750. The van der Waals surface area contributed by atoms with Gasteiger partial charge in [-0.15, -0.1) is 0 Å². The molecule has 0 aromatic heterocycles.